The fourth-order valence-corrected chi connectivity index (χ4v) is 0.720. The second kappa shape index (κ2) is 5.04. The number of carbonyl (C=O) groups excluding carboxylic acids is 1. The normalized spacial score (nSPS) is 15.3. The van der Waals surface area contributed by atoms with Crippen LogP contribution < -0.4 is 11.5 Å². The Kier molecular flexibility index (Phi) is 4.75. The highest BCUT2D eigenvalue weighted by molar-refractivity contribution is 5.77. The maximum atomic E-state index is 10.5. The first-order chi connectivity index (χ1) is 5.54. The van der Waals surface area contributed by atoms with Gasteiger partial charge in [0.05, 0.1) is 0 Å². The number of nitrogens with two attached hydrogens (primary N) is 2. The summed E-state index contributed by atoms with van der Waals surface area (Å²) in [5, 5.41) is 17.0. The Morgan fingerprint density at radius 3 is 2.50 bits per heavy atom. The summed E-state index contributed by atoms with van der Waals surface area (Å²) < 4.78 is 0. The Balaban J connectivity index is 3.78. The summed E-state index contributed by atoms with van der Waals surface area (Å²) in [6.07, 6.45) is 1.17. The summed E-state index contributed by atoms with van der Waals surface area (Å²) in [7, 11) is 0. The number of hydrogen-bond donors (Lipinski definition) is 4. The summed E-state index contributed by atoms with van der Waals surface area (Å²) in [6.45, 7) is 0.463. The van der Waals surface area contributed by atoms with E-state index >= 15 is 0 Å². The van der Waals surface area contributed by atoms with Gasteiger partial charge in [-0.15, -0.1) is 0 Å². The lowest BCUT2D eigenvalue weighted by Gasteiger charge is -2.17. The molecule has 1 atom stereocenters. The summed E-state index contributed by atoms with van der Waals surface area (Å²) in [5.41, 5.74) is 8.16. The van der Waals surface area contributed by atoms with Gasteiger partial charge in [0.15, 0.2) is 0 Å². The van der Waals surface area contributed by atoms with E-state index in [0.717, 1.165) is 0 Å². The predicted octanol–water partition coefficient (Wildman–Crippen LogP) is -1.22. The fourth-order valence-electron chi connectivity index (χ4n) is 0.720. The molecule has 0 spiro atoms. The van der Waals surface area contributed by atoms with Crippen LogP contribution in [0.1, 0.15) is 19.3 Å². The molecule has 6 N–H and O–H groups in total. The van der Waals surface area contributed by atoms with E-state index in [9.17, 15) is 4.79 Å². The van der Waals surface area contributed by atoms with Crippen molar-refractivity contribution in [2.75, 3.05) is 6.54 Å². The standard InChI is InChI=1S/C6H14N2O4/c7-4-2-1-3-6(8,10)5(9)12-11/h10-11H,1-4,7-8H2. The largest absolute Gasteiger partial charge is 0.387 e. The van der Waals surface area contributed by atoms with Crippen molar-refractivity contribution in [3.8, 4) is 0 Å². The van der Waals surface area contributed by atoms with Crippen LogP contribution in [0.4, 0.5) is 0 Å². The molecule has 0 aromatic carbocycles. The maximum absolute atomic E-state index is 10.5. The Morgan fingerprint density at radius 1 is 1.50 bits per heavy atom. The highest BCUT2D eigenvalue weighted by Gasteiger charge is 2.32. The van der Waals surface area contributed by atoms with Crippen LogP contribution in [0, 0.1) is 0 Å². The van der Waals surface area contributed by atoms with Crippen molar-refractivity contribution in [2.45, 2.75) is 25.0 Å². The van der Waals surface area contributed by atoms with Gasteiger partial charge in [0.2, 0.25) is 5.72 Å². The van der Waals surface area contributed by atoms with Crippen molar-refractivity contribution in [2.24, 2.45) is 11.5 Å². The zero-order valence-corrected chi connectivity index (χ0v) is 6.69. The fraction of sp³-hybridized carbons (Fsp3) is 0.833. The molecule has 0 aromatic rings. The van der Waals surface area contributed by atoms with Gasteiger partial charge in [-0.3, -0.25) is 10.6 Å². The molecule has 0 bridgehead atoms. The van der Waals surface area contributed by atoms with Crippen molar-refractivity contribution < 1.29 is 20.0 Å². The van der Waals surface area contributed by atoms with Crippen LogP contribution >= 0.6 is 0 Å². The molecule has 0 saturated carbocycles. The molecule has 0 rings (SSSR count). The van der Waals surface area contributed by atoms with Gasteiger partial charge in [-0.25, -0.2) is 4.79 Å². The van der Waals surface area contributed by atoms with Gasteiger partial charge in [-0.05, 0) is 19.4 Å². The van der Waals surface area contributed by atoms with Gasteiger partial charge >= 0.3 is 5.97 Å². The van der Waals surface area contributed by atoms with Gasteiger partial charge in [-0.1, -0.05) is 0 Å². The lowest BCUT2D eigenvalue weighted by molar-refractivity contribution is -0.251. The molecule has 0 aliphatic carbocycles. The van der Waals surface area contributed by atoms with E-state index in [1.54, 1.807) is 0 Å². The average molecular weight is 178 g/mol. The van der Waals surface area contributed by atoms with E-state index in [1.807, 2.05) is 0 Å². The van der Waals surface area contributed by atoms with Crippen molar-refractivity contribution in [1.29, 1.82) is 0 Å². The molecule has 0 saturated heterocycles. The quantitative estimate of drug-likeness (QED) is 0.181. The Bertz CT molecular complexity index is 148. The monoisotopic (exact) mass is 178 g/mol. The van der Waals surface area contributed by atoms with Gasteiger partial charge in [-0.2, -0.15) is 5.26 Å². The molecule has 0 amide bonds. The molecule has 12 heavy (non-hydrogen) atoms. The number of unbranched alkanes of at least 4 members (excludes halogenated alkanes) is 1. The second-order valence-corrected chi connectivity index (χ2v) is 2.55. The van der Waals surface area contributed by atoms with E-state index in [2.05, 4.69) is 4.89 Å². The number of hydrogen-bond acceptors (Lipinski definition) is 6. The lowest BCUT2D eigenvalue weighted by atomic mass is 10.1. The minimum Gasteiger partial charge on any atom is -0.366 e. The van der Waals surface area contributed by atoms with Crippen LogP contribution in [0.15, 0.2) is 0 Å². The molecule has 0 heterocycles. The molecule has 0 aliphatic heterocycles. The van der Waals surface area contributed by atoms with E-state index in [-0.39, 0.29) is 6.42 Å². The first-order valence-corrected chi connectivity index (χ1v) is 3.61. The van der Waals surface area contributed by atoms with Gasteiger partial charge < -0.3 is 10.8 Å². The van der Waals surface area contributed by atoms with Crippen LogP contribution in [-0.2, 0) is 9.68 Å². The number of rotatable bonds is 5. The van der Waals surface area contributed by atoms with Gasteiger partial charge in [0, 0.05) is 6.42 Å². The minimum atomic E-state index is -2.11. The van der Waals surface area contributed by atoms with E-state index < -0.39 is 11.7 Å². The lowest BCUT2D eigenvalue weighted by Crippen LogP contribution is -2.48. The second-order valence-electron chi connectivity index (χ2n) is 2.55. The van der Waals surface area contributed by atoms with Crippen LogP contribution in [0.2, 0.25) is 0 Å². The van der Waals surface area contributed by atoms with Crippen molar-refractivity contribution in [3.63, 3.8) is 0 Å². The summed E-state index contributed by atoms with van der Waals surface area (Å²) in [6, 6.07) is 0. The maximum Gasteiger partial charge on any atom is 0.387 e. The molecule has 0 fully saturated rings. The van der Waals surface area contributed by atoms with Crippen molar-refractivity contribution in [3.05, 3.63) is 0 Å². The molecular weight excluding hydrogens is 164 g/mol. The summed E-state index contributed by atoms with van der Waals surface area (Å²) in [5.74, 6) is -1.25. The van der Waals surface area contributed by atoms with Crippen LogP contribution in [0.5, 0.6) is 0 Å². The minimum absolute atomic E-state index is 0.0175. The third-order valence-corrected chi connectivity index (χ3v) is 1.45. The molecule has 1 unspecified atom stereocenters. The number of aliphatic hydroxyl groups is 1. The molecule has 0 aliphatic rings. The first kappa shape index (κ1) is 11.3. The summed E-state index contributed by atoms with van der Waals surface area (Å²) >= 11 is 0. The van der Waals surface area contributed by atoms with E-state index in [4.69, 9.17) is 21.8 Å². The zero-order valence-electron chi connectivity index (χ0n) is 6.69. The van der Waals surface area contributed by atoms with E-state index in [0.29, 0.717) is 19.4 Å². The first-order valence-electron chi connectivity index (χ1n) is 3.61. The molecule has 6 heteroatoms. The third kappa shape index (κ3) is 3.63. The Labute approximate surface area is 70.0 Å². The zero-order chi connectivity index (χ0) is 9.61. The molecule has 6 nitrogen and oxygen atoms in total. The topological polar surface area (TPSA) is 119 Å². The summed E-state index contributed by atoms with van der Waals surface area (Å²) in [4.78, 5) is 13.8. The molecule has 72 valence electrons. The molecule has 0 radical (unpaired) electrons. The van der Waals surface area contributed by atoms with Gasteiger partial charge in [0.25, 0.3) is 0 Å². The highest BCUT2D eigenvalue weighted by Crippen LogP contribution is 2.08. The highest BCUT2D eigenvalue weighted by atomic mass is 17.1. The van der Waals surface area contributed by atoms with E-state index in [1.165, 1.54) is 0 Å². The third-order valence-electron chi connectivity index (χ3n) is 1.45. The van der Waals surface area contributed by atoms with Crippen molar-refractivity contribution >= 4 is 5.97 Å². The van der Waals surface area contributed by atoms with Crippen molar-refractivity contribution in [1.82, 2.24) is 0 Å². The average Bonchev–Trinajstić information content (AvgIpc) is 2.03. The molecule has 0 aromatic heterocycles. The Hall–Kier alpha value is -0.690. The Morgan fingerprint density at radius 2 is 2.08 bits per heavy atom. The smallest absolute Gasteiger partial charge is 0.366 e. The predicted molar refractivity (Wildman–Crippen MR) is 40.8 cm³/mol. The van der Waals surface area contributed by atoms with Crippen LogP contribution in [0.3, 0.4) is 0 Å². The molecular formula is C6H14N2O4. The van der Waals surface area contributed by atoms with Gasteiger partial charge in [0.1, 0.15) is 0 Å². The SMILES string of the molecule is NCCCCC(N)(O)C(=O)OO. The van der Waals surface area contributed by atoms with Crippen LogP contribution in [0.25, 0.3) is 0 Å². The number of carbonyl (C=O) groups is 1. The van der Waals surface area contributed by atoms with Crippen LogP contribution in [-0.4, -0.2) is 28.6 Å².